The van der Waals surface area contributed by atoms with Crippen LogP contribution in [0.25, 0.3) is 0 Å². The summed E-state index contributed by atoms with van der Waals surface area (Å²) >= 11 is 0. The van der Waals surface area contributed by atoms with Gasteiger partial charge in [-0.1, -0.05) is 31.9 Å². The summed E-state index contributed by atoms with van der Waals surface area (Å²) in [6.45, 7) is 1.29. The van der Waals surface area contributed by atoms with Gasteiger partial charge in [0.25, 0.3) is 5.91 Å². The first-order chi connectivity index (χ1) is 15.8. The molecule has 2 aromatic rings. The molecule has 3 N–H and O–H groups in total. The molecule has 1 aliphatic heterocycles. The van der Waals surface area contributed by atoms with Gasteiger partial charge in [0.2, 0.25) is 5.91 Å². The predicted molar refractivity (Wildman–Crippen MR) is 118 cm³/mol. The van der Waals surface area contributed by atoms with Crippen molar-refractivity contribution in [1.29, 1.82) is 0 Å². The van der Waals surface area contributed by atoms with E-state index in [2.05, 4.69) is 16.0 Å². The first-order valence-electron chi connectivity index (χ1n) is 10.4. The molecule has 1 saturated heterocycles. The Bertz CT molecular complexity index is 1040. The van der Waals surface area contributed by atoms with Crippen molar-refractivity contribution in [1.82, 2.24) is 15.5 Å². The number of imide groups is 2. The summed E-state index contributed by atoms with van der Waals surface area (Å²) < 4.78 is 18.4. The van der Waals surface area contributed by atoms with E-state index in [0.717, 1.165) is 11.3 Å². The lowest BCUT2D eigenvalue weighted by Gasteiger charge is -2.27. The second-order valence-electron chi connectivity index (χ2n) is 7.57. The Morgan fingerprint density at radius 3 is 2.36 bits per heavy atom. The van der Waals surface area contributed by atoms with Crippen LogP contribution in [0.4, 0.5) is 19.7 Å². The molecule has 0 spiro atoms. The van der Waals surface area contributed by atoms with Crippen molar-refractivity contribution >= 4 is 29.6 Å². The van der Waals surface area contributed by atoms with E-state index >= 15 is 0 Å². The number of ether oxygens (including phenoxy) is 1. The minimum Gasteiger partial charge on any atom is -0.497 e. The monoisotopic (exact) mass is 456 g/mol. The molecule has 1 heterocycles. The Hall–Kier alpha value is -3.95. The van der Waals surface area contributed by atoms with Crippen molar-refractivity contribution in [2.45, 2.75) is 31.7 Å². The van der Waals surface area contributed by atoms with Gasteiger partial charge in [-0.15, -0.1) is 0 Å². The Balaban J connectivity index is 1.68. The highest BCUT2D eigenvalue weighted by atomic mass is 19.1. The fourth-order valence-electron chi connectivity index (χ4n) is 3.60. The van der Waals surface area contributed by atoms with E-state index < -0.39 is 41.8 Å². The van der Waals surface area contributed by atoms with Gasteiger partial charge in [-0.05, 0) is 48.4 Å². The number of halogens is 1. The summed E-state index contributed by atoms with van der Waals surface area (Å²) in [5, 5.41) is 7.25. The van der Waals surface area contributed by atoms with Gasteiger partial charge in [0, 0.05) is 5.69 Å². The van der Waals surface area contributed by atoms with Gasteiger partial charge >= 0.3 is 12.1 Å². The SMILES string of the molecule is CCCCC1(c2ccc(F)cc2)NC(=O)N(CC(=O)NC(=O)Nc2ccc(OC)cc2)C1=O. The van der Waals surface area contributed by atoms with Gasteiger partial charge in [0.05, 0.1) is 7.11 Å². The average molecular weight is 456 g/mol. The summed E-state index contributed by atoms with van der Waals surface area (Å²) in [5.74, 6) is -1.34. The zero-order valence-corrected chi connectivity index (χ0v) is 18.3. The number of carbonyl (C=O) groups is 4. The number of benzene rings is 2. The van der Waals surface area contributed by atoms with Crippen LogP contribution in [-0.2, 0) is 15.1 Å². The first-order valence-corrected chi connectivity index (χ1v) is 10.4. The number of hydrogen-bond donors (Lipinski definition) is 3. The Labute approximate surface area is 190 Å². The normalized spacial score (nSPS) is 17.5. The van der Waals surface area contributed by atoms with Crippen LogP contribution in [0.15, 0.2) is 48.5 Å². The van der Waals surface area contributed by atoms with Crippen LogP contribution in [0.1, 0.15) is 31.7 Å². The van der Waals surface area contributed by atoms with Crippen molar-refractivity contribution in [3.8, 4) is 5.75 Å². The lowest BCUT2D eigenvalue weighted by molar-refractivity contribution is -0.135. The largest absolute Gasteiger partial charge is 0.497 e. The molecule has 1 atom stereocenters. The van der Waals surface area contributed by atoms with Crippen LogP contribution in [0.2, 0.25) is 0 Å². The summed E-state index contributed by atoms with van der Waals surface area (Å²) in [7, 11) is 1.51. The topological polar surface area (TPSA) is 117 Å². The van der Waals surface area contributed by atoms with Gasteiger partial charge in [0.1, 0.15) is 23.7 Å². The minimum atomic E-state index is -1.40. The van der Waals surface area contributed by atoms with Crippen LogP contribution >= 0.6 is 0 Å². The van der Waals surface area contributed by atoms with Crippen molar-refractivity contribution in [3.05, 3.63) is 59.9 Å². The van der Waals surface area contributed by atoms with E-state index in [-0.39, 0.29) is 6.42 Å². The van der Waals surface area contributed by atoms with Crippen molar-refractivity contribution in [2.24, 2.45) is 0 Å². The van der Waals surface area contributed by atoms with Crippen LogP contribution in [0.3, 0.4) is 0 Å². The lowest BCUT2D eigenvalue weighted by Crippen LogP contribution is -2.46. The van der Waals surface area contributed by atoms with Crippen LogP contribution in [0, 0.1) is 5.82 Å². The number of rotatable bonds is 8. The zero-order chi connectivity index (χ0) is 24.0. The highest BCUT2D eigenvalue weighted by molar-refractivity contribution is 6.11. The Morgan fingerprint density at radius 1 is 1.09 bits per heavy atom. The number of methoxy groups -OCH3 is 1. The van der Waals surface area contributed by atoms with E-state index in [0.29, 0.717) is 23.4 Å². The van der Waals surface area contributed by atoms with Crippen molar-refractivity contribution < 1.29 is 28.3 Å². The summed E-state index contributed by atoms with van der Waals surface area (Å²) in [5.41, 5.74) is -0.547. The van der Waals surface area contributed by atoms with Crippen LogP contribution < -0.4 is 20.7 Å². The second-order valence-corrected chi connectivity index (χ2v) is 7.57. The van der Waals surface area contributed by atoms with E-state index in [1.54, 1.807) is 24.3 Å². The molecule has 0 aliphatic carbocycles. The number of nitrogens with zero attached hydrogens (tertiary/aromatic N) is 1. The van der Waals surface area contributed by atoms with E-state index in [4.69, 9.17) is 4.74 Å². The van der Waals surface area contributed by atoms with E-state index in [1.807, 2.05) is 6.92 Å². The molecule has 0 radical (unpaired) electrons. The fourth-order valence-corrected chi connectivity index (χ4v) is 3.60. The van der Waals surface area contributed by atoms with E-state index in [1.165, 1.54) is 31.4 Å². The third kappa shape index (κ3) is 5.28. The van der Waals surface area contributed by atoms with Gasteiger partial charge in [-0.25, -0.2) is 14.0 Å². The number of hydrogen-bond acceptors (Lipinski definition) is 5. The molecule has 1 fully saturated rings. The second kappa shape index (κ2) is 10.1. The first kappa shape index (κ1) is 23.7. The molecule has 9 nitrogen and oxygen atoms in total. The molecule has 174 valence electrons. The van der Waals surface area contributed by atoms with Gasteiger partial charge in [-0.2, -0.15) is 0 Å². The molecule has 1 aliphatic rings. The van der Waals surface area contributed by atoms with Crippen LogP contribution in [-0.4, -0.2) is 42.4 Å². The van der Waals surface area contributed by atoms with Gasteiger partial charge in [0.15, 0.2) is 0 Å². The number of unbranched alkanes of at least 4 members (excludes halogenated alkanes) is 1. The molecular weight excluding hydrogens is 431 g/mol. The molecule has 0 saturated carbocycles. The highest BCUT2D eigenvalue weighted by Crippen LogP contribution is 2.34. The molecule has 10 heteroatoms. The molecule has 2 aromatic carbocycles. The van der Waals surface area contributed by atoms with Crippen molar-refractivity contribution in [3.63, 3.8) is 0 Å². The molecule has 3 rings (SSSR count). The maximum atomic E-state index is 13.4. The molecule has 0 bridgehead atoms. The molecule has 33 heavy (non-hydrogen) atoms. The summed E-state index contributed by atoms with van der Waals surface area (Å²) in [4.78, 5) is 51.1. The maximum Gasteiger partial charge on any atom is 0.325 e. The number of nitrogens with one attached hydrogen (secondary N) is 3. The third-order valence-corrected chi connectivity index (χ3v) is 5.32. The fraction of sp³-hybridized carbons (Fsp3) is 0.304. The molecule has 6 amide bonds. The third-order valence-electron chi connectivity index (χ3n) is 5.32. The number of carbonyl (C=O) groups excluding carboxylic acids is 4. The quantitative estimate of drug-likeness (QED) is 0.528. The van der Waals surface area contributed by atoms with Crippen LogP contribution in [0.5, 0.6) is 5.75 Å². The minimum absolute atomic E-state index is 0.287. The molecule has 0 aromatic heterocycles. The predicted octanol–water partition coefficient (Wildman–Crippen LogP) is 3.12. The van der Waals surface area contributed by atoms with E-state index in [9.17, 15) is 23.6 Å². The van der Waals surface area contributed by atoms with Gasteiger partial charge in [-0.3, -0.25) is 19.8 Å². The zero-order valence-electron chi connectivity index (χ0n) is 18.3. The number of amides is 6. The average Bonchev–Trinajstić information content (AvgIpc) is 3.03. The number of anilines is 1. The van der Waals surface area contributed by atoms with Crippen molar-refractivity contribution in [2.75, 3.05) is 19.0 Å². The smallest absolute Gasteiger partial charge is 0.325 e. The van der Waals surface area contributed by atoms with Gasteiger partial charge < -0.3 is 15.4 Å². The Kier molecular flexibility index (Phi) is 7.27. The summed E-state index contributed by atoms with van der Waals surface area (Å²) in [6.07, 6.45) is 1.67. The molecular formula is C23H25FN4O5. The lowest BCUT2D eigenvalue weighted by atomic mass is 9.85. The number of urea groups is 2. The Morgan fingerprint density at radius 2 is 1.76 bits per heavy atom. The highest BCUT2D eigenvalue weighted by Gasteiger charge is 2.52. The summed E-state index contributed by atoms with van der Waals surface area (Å²) in [6, 6.07) is 10.2. The standard InChI is InChI=1S/C23H25FN4O5/c1-3-4-13-23(15-5-7-16(24)8-6-15)20(30)28(22(32)27-23)14-19(29)26-21(31)25-17-9-11-18(33-2)12-10-17/h5-12H,3-4,13-14H2,1-2H3,(H,27,32)(H2,25,26,29,31). The molecule has 1 unspecified atom stereocenters. The maximum absolute atomic E-state index is 13.4.